The average molecular weight is 344 g/mol. The lowest BCUT2D eigenvalue weighted by atomic mass is 10.0. The first kappa shape index (κ1) is 17.8. The first-order valence-electron chi connectivity index (χ1n) is 7.04. The van der Waals surface area contributed by atoms with Crippen LogP contribution < -0.4 is 5.32 Å². The molecule has 1 aliphatic heterocycles. The summed E-state index contributed by atoms with van der Waals surface area (Å²) < 4.78 is 41.2. The number of likely N-dealkylation sites (N-methyl/N-ethyl adjacent to an activating group) is 1. The van der Waals surface area contributed by atoms with E-state index in [1.165, 1.54) is 7.05 Å². The molecule has 0 spiro atoms. The molecule has 6 nitrogen and oxygen atoms in total. The lowest BCUT2D eigenvalue weighted by molar-refractivity contribution is -0.142. The number of nitrogens with zero attached hydrogens (tertiary/aromatic N) is 1. The molecule has 0 unspecified atom stereocenters. The van der Waals surface area contributed by atoms with Gasteiger partial charge in [0.1, 0.15) is 12.6 Å². The minimum absolute atomic E-state index is 0.189. The second kappa shape index (κ2) is 6.90. The molecule has 0 bridgehead atoms. The van der Waals surface area contributed by atoms with Crippen LogP contribution in [0.5, 0.6) is 0 Å². The van der Waals surface area contributed by atoms with E-state index >= 15 is 0 Å². The van der Waals surface area contributed by atoms with Gasteiger partial charge in [0, 0.05) is 12.6 Å². The Morgan fingerprint density at radius 3 is 2.62 bits per heavy atom. The van der Waals surface area contributed by atoms with Gasteiger partial charge in [0.2, 0.25) is 11.8 Å². The quantitative estimate of drug-likeness (QED) is 0.820. The maximum Gasteiger partial charge on any atom is 0.405 e. The van der Waals surface area contributed by atoms with Gasteiger partial charge in [-0.05, 0) is 6.07 Å². The topological polar surface area (TPSA) is 75.7 Å². The maximum atomic E-state index is 12.1. The van der Waals surface area contributed by atoms with Crippen molar-refractivity contribution >= 4 is 17.8 Å². The Balaban J connectivity index is 1.89. The zero-order valence-corrected chi connectivity index (χ0v) is 12.7. The third-order valence-corrected chi connectivity index (χ3v) is 3.43. The largest absolute Gasteiger partial charge is 0.453 e. The number of rotatable bonds is 5. The minimum Gasteiger partial charge on any atom is -0.453 e. The highest BCUT2D eigenvalue weighted by Gasteiger charge is 2.33. The van der Waals surface area contributed by atoms with E-state index in [-0.39, 0.29) is 6.42 Å². The average Bonchev–Trinajstić information content (AvgIpc) is 2.81. The molecule has 2 amide bonds. The number of carbonyl (C=O) groups excluding carboxylic acids is 3. The Morgan fingerprint density at radius 2 is 1.96 bits per heavy atom. The third kappa shape index (κ3) is 4.46. The van der Waals surface area contributed by atoms with Crippen molar-refractivity contribution in [2.24, 2.45) is 0 Å². The molecular formula is C15H15F3N2O4. The summed E-state index contributed by atoms with van der Waals surface area (Å²) in [7, 11) is 1.29. The number of carbonyl (C=O) groups is 3. The summed E-state index contributed by atoms with van der Waals surface area (Å²) in [4.78, 5) is 36.1. The molecule has 0 saturated heterocycles. The van der Waals surface area contributed by atoms with Crippen LogP contribution in [0.4, 0.5) is 13.2 Å². The number of alkyl halides is 3. The number of amides is 2. The first-order chi connectivity index (χ1) is 11.2. The van der Waals surface area contributed by atoms with Crippen molar-refractivity contribution in [3.05, 3.63) is 35.4 Å². The lowest BCUT2D eigenvalue weighted by Crippen LogP contribution is -2.42. The monoisotopic (exact) mass is 344 g/mol. The molecule has 1 heterocycles. The van der Waals surface area contributed by atoms with Crippen LogP contribution in [0.1, 0.15) is 28.4 Å². The fraction of sp³-hybridized carbons (Fsp3) is 0.400. The number of cyclic esters (lactones) is 1. The minimum atomic E-state index is -4.51. The standard InChI is InChI=1S/C15H15F3N2O4/c1-20(7-12(21)19-8-15(16,17)18)13(22)6-11-9-4-2-3-5-10(9)14(23)24-11/h2-5,11H,6-8H2,1H3,(H,19,21)/t11-/m0/s1. The zero-order valence-electron chi connectivity index (χ0n) is 12.7. The summed E-state index contributed by atoms with van der Waals surface area (Å²) >= 11 is 0. The van der Waals surface area contributed by atoms with E-state index in [1.54, 1.807) is 29.6 Å². The SMILES string of the molecule is CN(CC(=O)NCC(F)(F)F)C(=O)C[C@@H]1OC(=O)c2ccccc21. The Kier molecular flexibility index (Phi) is 5.10. The summed E-state index contributed by atoms with van der Waals surface area (Å²) in [5.41, 5.74) is 0.951. The zero-order chi connectivity index (χ0) is 17.9. The molecule has 1 aromatic rings. The van der Waals surface area contributed by atoms with Gasteiger partial charge >= 0.3 is 12.1 Å². The summed E-state index contributed by atoms with van der Waals surface area (Å²) in [6.45, 7) is -1.97. The molecule has 1 aliphatic rings. The number of nitrogens with one attached hydrogen (secondary N) is 1. The molecule has 0 aliphatic carbocycles. The molecule has 2 rings (SSSR count). The fourth-order valence-electron chi connectivity index (χ4n) is 2.24. The van der Waals surface area contributed by atoms with E-state index in [1.807, 2.05) is 0 Å². The van der Waals surface area contributed by atoms with Gasteiger partial charge < -0.3 is 15.0 Å². The van der Waals surface area contributed by atoms with Gasteiger partial charge in [0.05, 0.1) is 18.5 Å². The molecule has 0 radical (unpaired) electrons. The van der Waals surface area contributed by atoms with Crippen molar-refractivity contribution in [2.75, 3.05) is 20.1 Å². The third-order valence-electron chi connectivity index (χ3n) is 3.43. The summed E-state index contributed by atoms with van der Waals surface area (Å²) in [5.74, 6) is -1.98. The number of hydrogen-bond donors (Lipinski definition) is 1. The predicted octanol–water partition coefficient (Wildman–Crippen LogP) is 1.43. The molecule has 24 heavy (non-hydrogen) atoms. The van der Waals surface area contributed by atoms with Crippen molar-refractivity contribution in [2.45, 2.75) is 18.7 Å². The van der Waals surface area contributed by atoms with Gasteiger partial charge in [-0.15, -0.1) is 0 Å². The smallest absolute Gasteiger partial charge is 0.405 e. The van der Waals surface area contributed by atoms with Gasteiger partial charge in [0.25, 0.3) is 0 Å². The summed E-state index contributed by atoms with van der Waals surface area (Å²) in [6.07, 6.45) is -5.46. The molecule has 1 atom stereocenters. The first-order valence-corrected chi connectivity index (χ1v) is 7.04. The van der Waals surface area contributed by atoms with Crippen LogP contribution in [0.15, 0.2) is 24.3 Å². The molecule has 0 saturated carbocycles. The van der Waals surface area contributed by atoms with Crippen LogP contribution in [0.2, 0.25) is 0 Å². The predicted molar refractivity (Wildman–Crippen MR) is 75.9 cm³/mol. The van der Waals surface area contributed by atoms with Crippen LogP contribution in [0.25, 0.3) is 0 Å². The fourth-order valence-corrected chi connectivity index (χ4v) is 2.24. The van der Waals surface area contributed by atoms with Crippen LogP contribution in [0, 0.1) is 0 Å². The number of halogens is 3. The molecule has 1 aromatic carbocycles. The van der Waals surface area contributed by atoms with Crippen molar-refractivity contribution in [3.8, 4) is 0 Å². The van der Waals surface area contributed by atoms with Gasteiger partial charge in [0.15, 0.2) is 0 Å². The van der Waals surface area contributed by atoms with Crippen LogP contribution in [-0.2, 0) is 14.3 Å². The number of hydrogen-bond acceptors (Lipinski definition) is 4. The van der Waals surface area contributed by atoms with E-state index in [2.05, 4.69) is 0 Å². The van der Waals surface area contributed by atoms with Crippen LogP contribution in [0.3, 0.4) is 0 Å². The number of ether oxygens (including phenoxy) is 1. The van der Waals surface area contributed by atoms with Gasteiger partial charge in [-0.25, -0.2) is 4.79 Å². The van der Waals surface area contributed by atoms with Crippen LogP contribution in [-0.4, -0.2) is 49.0 Å². The van der Waals surface area contributed by atoms with E-state index in [0.717, 1.165) is 4.90 Å². The summed E-state index contributed by atoms with van der Waals surface area (Å²) in [6, 6.07) is 6.61. The van der Waals surface area contributed by atoms with Gasteiger partial charge in [-0.3, -0.25) is 9.59 Å². The highest BCUT2D eigenvalue weighted by Crippen LogP contribution is 2.32. The van der Waals surface area contributed by atoms with Gasteiger partial charge in [-0.1, -0.05) is 18.2 Å². The Bertz CT molecular complexity index is 660. The van der Waals surface area contributed by atoms with Crippen molar-refractivity contribution < 1.29 is 32.3 Å². The van der Waals surface area contributed by atoms with Gasteiger partial charge in [-0.2, -0.15) is 13.2 Å². The lowest BCUT2D eigenvalue weighted by Gasteiger charge is -2.19. The normalized spacial score (nSPS) is 16.3. The highest BCUT2D eigenvalue weighted by molar-refractivity contribution is 5.95. The molecule has 0 aromatic heterocycles. The Labute approximate surface area is 135 Å². The van der Waals surface area contributed by atoms with E-state index < -0.39 is 43.2 Å². The Hall–Kier alpha value is -2.58. The second-order valence-corrected chi connectivity index (χ2v) is 5.33. The maximum absolute atomic E-state index is 12.1. The van der Waals surface area contributed by atoms with E-state index in [0.29, 0.717) is 11.1 Å². The van der Waals surface area contributed by atoms with Crippen molar-refractivity contribution in [1.29, 1.82) is 0 Å². The molecule has 1 N–H and O–H groups in total. The summed E-state index contributed by atoms with van der Waals surface area (Å²) in [5, 5.41) is 1.68. The molecule has 0 fully saturated rings. The van der Waals surface area contributed by atoms with Crippen molar-refractivity contribution in [1.82, 2.24) is 10.2 Å². The molecule has 130 valence electrons. The molecular weight excluding hydrogens is 329 g/mol. The number of benzene rings is 1. The highest BCUT2D eigenvalue weighted by atomic mass is 19.4. The Morgan fingerprint density at radius 1 is 1.29 bits per heavy atom. The number of esters is 1. The van der Waals surface area contributed by atoms with Crippen LogP contribution >= 0.6 is 0 Å². The number of fused-ring (bicyclic) bond motifs is 1. The second-order valence-electron chi connectivity index (χ2n) is 5.33. The van der Waals surface area contributed by atoms with E-state index in [9.17, 15) is 27.6 Å². The van der Waals surface area contributed by atoms with E-state index in [4.69, 9.17) is 4.74 Å². The molecule has 9 heteroatoms. The van der Waals surface area contributed by atoms with Crippen molar-refractivity contribution in [3.63, 3.8) is 0 Å².